The van der Waals surface area contributed by atoms with Crippen molar-refractivity contribution in [3.63, 3.8) is 0 Å². The SMILES string of the molecule is CCN[C@@H](CO)c1ccccn1. The van der Waals surface area contributed by atoms with Crippen molar-refractivity contribution < 1.29 is 5.11 Å². The van der Waals surface area contributed by atoms with Gasteiger partial charge in [-0.05, 0) is 18.7 Å². The van der Waals surface area contributed by atoms with E-state index in [2.05, 4.69) is 10.3 Å². The van der Waals surface area contributed by atoms with E-state index in [1.54, 1.807) is 6.20 Å². The highest BCUT2D eigenvalue weighted by Crippen LogP contribution is 2.06. The minimum Gasteiger partial charge on any atom is -0.394 e. The maximum atomic E-state index is 9.01. The summed E-state index contributed by atoms with van der Waals surface area (Å²) in [7, 11) is 0. The molecule has 0 fully saturated rings. The number of nitrogens with one attached hydrogen (secondary N) is 1. The number of hydrogen-bond donors (Lipinski definition) is 2. The van der Waals surface area contributed by atoms with E-state index in [4.69, 9.17) is 5.11 Å². The standard InChI is InChI=1S/C9H14N2O/c1-2-10-9(7-12)8-5-3-4-6-11-8/h3-6,9-10,12H,2,7H2,1H3/t9-/m0/s1. The van der Waals surface area contributed by atoms with E-state index < -0.39 is 0 Å². The van der Waals surface area contributed by atoms with Crippen LogP contribution < -0.4 is 5.32 Å². The van der Waals surface area contributed by atoms with Gasteiger partial charge >= 0.3 is 0 Å². The Morgan fingerprint density at radius 3 is 2.92 bits per heavy atom. The van der Waals surface area contributed by atoms with Gasteiger partial charge < -0.3 is 10.4 Å². The summed E-state index contributed by atoms with van der Waals surface area (Å²) in [5, 5.41) is 12.1. The Labute approximate surface area is 72.5 Å². The van der Waals surface area contributed by atoms with Crippen LogP contribution in [0.2, 0.25) is 0 Å². The summed E-state index contributed by atoms with van der Waals surface area (Å²) in [4.78, 5) is 4.15. The van der Waals surface area contributed by atoms with Gasteiger partial charge in [-0.25, -0.2) is 0 Å². The summed E-state index contributed by atoms with van der Waals surface area (Å²) in [6.45, 7) is 2.93. The van der Waals surface area contributed by atoms with Crippen LogP contribution in [-0.2, 0) is 0 Å². The molecule has 0 bridgehead atoms. The maximum absolute atomic E-state index is 9.01. The summed E-state index contributed by atoms with van der Waals surface area (Å²) < 4.78 is 0. The third-order valence-electron chi connectivity index (χ3n) is 1.68. The fraction of sp³-hybridized carbons (Fsp3) is 0.444. The van der Waals surface area contributed by atoms with Gasteiger partial charge in [-0.3, -0.25) is 4.98 Å². The highest BCUT2D eigenvalue weighted by molar-refractivity contribution is 5.08. The van der Waals surface area contributed by atoms with Crippen molar-refractivity contribution in [1.82, 2.24) is 10.3 Å². The molecule has 1 atom stereocenters. The molecule has 2 N–H and O–H groups in total. The Kier molecular flexibility index (Phi) is 3.70. The lowest BCUT2D eigenvalue weighted by Gasteiger charge is -2.13. The van der Waals surface area contributed by atoms with Crippen molar-refractivity contribution in [1.29, 1.82) is 0 Å². The van der Waals surface area contributed by atoms with Crippen molar-refractivity contribution in [2.45, 2.75) is 13.0 Å². The zero-order valence-electron chi connectivity index (χ0n) is 7.20. The number of aromatic nitrogens is 1. The first-order chi connectivity index (χ1) is 5.88. The quantitative estimate of drug-likeness (QED) is 0.693. The Morgan fingerprint density at radius 1 is 1.58 bits per heavy atom. The predicted octanol–water partition coefficient (Wildman–Crippen LogP) is 0.724. The van der Waals surface area contributed by atoms with Crippen LogP contribution in [0.5, 0.6) is 0 Å². The minimum atomic E-state index is -0.0313. The number of hydrogen-bond acceptors (Lipinski definition) is 3. The Morgan fingerprint density at radius 2 is 2.42 bits per heavy atom. The van der Waals surface area contributed by atoms with Gasteiger partial charge in [0.25, 0.3) is 0 Å². The summed E-state index contributed by atoms with van der Waals surface area (Å²) >= 11 is 0. The van der Waals surface area contributed by atoms with E-state index in [-0.39, 0.29) is 12.6 Å². The molecule has 12 heavy (non-hydrogen) atoms. The van der Waals surface area contributed by atoms with E-state index in [9.17, 15) is 0 Å². The van der Waals surface area contributed by atoms with Crippen LogP contribution in [0.4, 0.5) is 0 Å². The number of rotatable bonds is 4. The lowest BCUT2D eigenvalue weighted by Crippen LogP contribution is -2.24. The lowest BCUT2D eigenvalue weighted by molar-refractivity contribution is 0.244. The Balaban J connectivity index is 2.66. The van der Waals surface area contributed by atoms with E-state index in [1.807, 2.05) is 25.1 Å². The highest BCUT2D eigenvalue weighted by atomic mass is 16.3. The minimum absolute atomic E-state index is 0.0313. The van der Waals surface area contributed by atoms with Crippen LogP contribution in [0.25, 0.3) is 0 Å². The molecule has 0 spiro atoms. The second kappa shape index (κ2) is 4.85. The zero-order chi connectivity index (χ0) is 8.81. The van der Waals surface area contributed by atoms with Crippen LogP contribution in [0, 0.1) is 0 Å². The van der Waals surface area contributed by atoms with E-state index >= 15 is 0 Å². The molecule has 3 nitrogen and oxygen atoms in total. The van der Waals surface area contributed by atoms with Gasteiger partial charge in [0.2, 0.25) is 0 Å². The molecule has 1 heterocycles. The topological polar surface area (TPSA) is 45.1 Å². The van der Waals surface area contributed by atoms with Gasteiger partial charge in [-0.1, -0.05) is 13.0 Å². The first-order valence-electron chi connectivity index (χ1n) is 4.13. The number of aliphatic hydroxyl groups excluding tert-OH is 1. The van der Waals surface area contributed by atoms with E-state index in [0.29, 0.717) is 0 Å². The molecule has 1 aromatic rings. The van der Waals surface area contributed by atoms with Crippen LogP contribution in [0.15, 0.2) is 24.4 Å². The van der Waals surface area contributed by atoms with Crippen LogP contribution in [0.3, 0.4) is 0 Å². The summed E-state index contributed by atoms with van der Waals surface area (Å²) in [5.41, 5.74) is 0.891. The average Bonchev–Trinajstić information content (AvgIpc) is 2.15. The number of nitrogens with zero attached hydrogens (tertiary/aromatic N) is 1. The van der Waals surface area contributed by atoms with Crippen molar-refractivity contribution >= 4 is 0 Å². The third kappa shape index (κ3) is 2.29. The van der Waals surface area contributed by atoms with Gasteiger partial charge in [0, 0.05) is 6.20 Å². The molecule has 1 aromatic heterocycles. The molecule has 1 rings (SSSR count). The number of pyridine rings is 1. The van der Waals surface area contributed by atoms with Gasteiger partial charge in [-0.15, -0.1) is 0 Å². The van der Waals surface area contributed by atoms with Crippen molar-refractivity contribution in [2.75, 3.05) is 13.2 Å². The molecule has 0 aliphatic rings. The average molecular weight is 166 g/mol. The van der Waals surface area contributed by atoms with Crippen molar-refractivity contribution in [3.05, 3.63) is 30.1 Å². The fourth-order valence-electron chi connectivity index (χ4n) is 1.09. The van der Waals surface area contributed by atoms with Crippen molar-refractivity contribution in [2.24, 2.45) is 0 Å². The van der Waals surface area contributed by atoms with Crippen molar-refractivity contribution in [3.8, 4) is 0 Å². The van der Waals surface area contributed by atoms with Gasteiger partial charge in [0.05, 0.1) is 18.3 Å². The van der Waals surface area contributed by atoms with Gasteiger partial charge in [0.15, 0.2) is 0 Å². The molecule has 3 heteroatoms. The molecule has 0 aliphatic carbocycles. The molecule has 0 aromatic carbocycles. The first kappa shape index (κ1) is 9.16. The fourth-order valence-corrected chi connectivity index (χ4v) is 1.09. The van der Waals surface area contributed by atoms with Crippen LogP contribution >= 0.6 is 0 Å². The maximum Gasteiger partial charge on any atom is 0.0729 e. The van der Waals surface area contributed by atoms with E-state index in [0.717, 1.165) is 12.2 Å². The molecule has 0 aliphatic heterocycles. The molecule has 0 amide bonds. The monoisotopic (exact) mass is 166 g/mol. The highest BCUT2D eigenvalue weighted by Gasteiger charge is 2.07. The molecule has 0 saturated heterocycles. The van der Waals surface area contributed by atoms with Crippen LogP contribution in [0.1, 0.15) is 18.7 Å². The summed E-state index contributed by atoms with van der Waals surface area (Å²) in [6, 6.07) is 5.66. The van der Waals surface area contributed by atoms with Gasteiger partial charge in [0.1, 0.15) is 0 Å². The third-order valence-corrected chi connectivity index (χ3v) is 1.68. The summed E-state index contributed by atoms with van der Waals surface area (Å²) in [6.07, 6.45) is 1.73. The molecule has 0 unspecified atom stereocenters. The second-order valence-electron chi connectivity index (χ2n) is 2.55. The largest absolute Gasteiger partial charge is 0.394 e. The molecular weight excluding hydrogens is 152 g/mol. The van der Waals surface area contributed by atoms with E-state index in [1.165, 1.54) is 0 Å². The lowest BCUT2D eigenvalue weighted by atomic mass is 10.2. The van der Waals surface area contributed by atoms with Gasteiger partial charge in [-0.2, -0.15) is 0 Å². The second-order valence-corrected chi connectivity index (χ2v) is 2.55. The predicted molar refractivity (Wildman–Crippen MR) is 47.7 cm³/mol. The Hall–Kier alpha value is -0.930. The summed E-state index contributed by atoms with van der Waals surface area (Å²) in [5.74, 6) is 0. The van der Waals surface area contributed by atoms with Crippen LogP contribution in [-0.4, -0.2) is 23.2 Å². The normalized spacial score (nSPS) is 12.8. The smallest absolute Gasteiger partial charge is 0.0729 e. The molecule has 66 valence electrons. The zero-order valence-corrected chi connectivity index (χ0v) is 7.20. The number of aliphatic hydroxyl groups is 1. The number of likely N-dealkylation sites (N-methyl/N-ethyl adjacent to an activating group) is 1. The first-order valence-corrected chi connectivity index (χ1v) is 4.13. The molecule has 0 radical (unpaired) electrons. The Bertz CT molecular complexity index is 213. The molecular formula is C9H14N2O. The molecule has 0 saturated carbocycles.